The summed E-state index contributed by atoms with van der Waals surface area (Å²) in [5.74, 6) is 0. The Kier molecular flexibility index (Phi) is 6.70. The third-order valence-electron chi connectivity index (χ3n) is 8.77. The summed E-state index contributed by atoms with van der Waals surface area (Å²) in [6.07, 6.45) is 8.79. The molecule has 0 spiro atoms. The summed E-state index contributed by atoms with van der Waals surface area (Å²) in [6.45, 7) is 0. The van der Waals surface area contributed by atoms with E-state index >= 15 is 0 Å². The van der Waals surface area contributed by atoms with Gasteiger partial charge in [0.15, 0.2) is 0 Å². The highest BCUT2D eigenvalue weighted by Gasteiger charge is 2.22. The van der Waals surface area contributed by atoms with Gasteiger partial charge in [0, 0.05) is 17.3 Å². The van der Waals surface area contributed by atoms with E-state index in [1.54, 1.807) is 0 Å². The molecule has 7 aromatic rings. The molecular weight excluding hydrogens is 530 g/mol. The van der Waals surface area contributed by atoms with Gasteiger partial charge in [-0.2, -0.15) is 0 Å². The molecule has 0 radical (unpaired) electrons. The van der Waals surface area contributed by atoms with E-state index in [-0.39, 0.29) is 0 Å². The topological polar surface area (TPSA) is 12.9 Å². The number of allylic oxidation sites excluding steroid dienone is 1. The maximum atomic E-state index is 4.93. The van der Waals surface area contributed by atoms with Crippen LogP contribution in [0.2, 0.25) is 0 Å². The summed E-state index contributed by atoms with van der Waals surface area (Å²) in [5.41, 5.74) is 14.8. The summed E-state index contributed by atoms with van der Waals surface area (Å²) >= 11 is 0. The third-order valence-corrected chi connectivity index (χ3v) is 8.77. The maximum absolute atomic E-state index is 4.93. The van der Waals surface area contributed by atoms with Crippen LogP contribution in [-0.2, 0) is 6.42 Å². The standard InChI is InChI=1S/C43H31N/c1-4-14-30(15-5-1)34-26-35(31-16-6-2-7-17-31)28-36(27-34)43-39-22-12-10-20-37(39)42(38-21-11-13-23-40(38)43)33-24-25-41(44-29-33)32-18-8-3-9-19-32/h1-10,12-20,22-29H,11,21H2. The highest BCUT2D eigenvalue weighted by atomic mass is 14.7. The molecule has 44 heavy (non-hydrogen) atoms. The summed E-state index contributed by atoms with van der Waals surface area (Å²) in [5, 5.41) is 2.54. The maximum Gasteiger partial charge on any atom is 0.0702 e. The lowest BCUT2D eigenvalue weighted by Crippen LogP contribution is -2.03. The first kappa shape index (κ1) is 26.1. The first-order valence-electron chi connectivity index (χ1n) is 15.4. The van der Waals surface area contributed by atoms with E-state index in [1.807, 2.05) is 6.07 Å². The monoisotopic (exact) mass is 561 g/mol. The van der Waals surface area contributed by atoms with Crippen LogP contribution in [0.15, 0.2) is 158 Å². The van der Waals surface area contributed by atoms with Crippen molar-refractivity contribution in [2.75, 3.05) is 0 Å². The molecular formula is C43H31N. The molecule has 0 saturated heterocycles. The molecule has 1 heteroatoms. The molecule has 1 aromatic heterocycles. The molecule has 0 unspecified atom stereocenters. The van der Waals surface area contributed by atoms with Crippen molar-refractivity contribution in [3.63, 3.8) is 0 Å². The van der Waals surface area contributed by atoms with Gasteiger partial charge in [0.1, 0.15) is 0 Å². The zero-order valence-electron chi connectivity index (χ0n) is 24.4. The summed E-state index contributed by atoms with van der Waals surface area (Å²) in [4.78, 5) is 4.93. The molecule has 6 aromatic carbocycles. The second-order valence-electron chi connectivity index (χ2n) is 11.5. The quantitative estimate of drug-likeness (QED) is 0.204. The smallest absolute Gasteiger partial charge is 0.0702 e. The summed E-state index contributed by atoms with van der Waals surface area (Å²) < 4.78 is 0. The van der Waals surface area contributed by atoms with Crippen molar-refractivity contribution in [1.82, 2.24) is 4.98 Å². The molecule has 208 valence electrons. The van der Waals surface area contributed by atoms with E-state index in [2.05, 4.69) is 158 Å². The fourth-order valence-corrected chi connectivity index (χ4v) is 6.71. The van der Waals surface area contributed by atoms with Gasteiger partial charge in [0.2, 0.25) is 0 Å². The average Bonchev–Trinajstić information content (AvgIpc) is 3.11. The molecule has 1 nitrogen and oxygen atoms in total. The lowest BCUT2D eigenvalue weighted by Gasteiger charge is -2.24. The zero-order valence-corrected chi connectivity index (χ0v) is 24.4. The first-order chi connectivity index (χ1) is 21.8. The molecule has 0 amide bonds. The fraction of sp³-hybridized carbons (Fsp3) is 0.0465. The predicted octanol–water partition coefficient (Wildman–Crippen LogP) is 11.5. The van der Waals surface area contributed by atoms with Crippen LogP contribution in [0, 0.1) is 0 Å². The Labute approximate surface area is 258 Å². The lowest BCUT2D eigenvalue weighted by molar-refractivity contribution is 0.991. The van der Waals surface area contributed by atoms with Crippen LogP contribution in [0.4, 0.5) is 0 Å². The van der Waals surface area contributed by atoms with Crippen LogP contribution in [-0.4, -0.2) is 4.98 Å². The Morgan fingerprint density at radius 3 is 1.57 bits per heavy atom. The molecule has 0 aliphatic heterocycles. The Hall–Kier alpha value is -5.53. The highest BCUT2D eigenvalue weighted by Crippen LogP contribution is 2.46. The Morgan fingerprint density at radius 1 is 0.432 bits per heavy atom. The highest BCUT2D eigenvalue weighted by molar-refractivity contribution is 6.10. The number of nitrogens with zero attached hydrogens (tertiary/aromatic N) is 1. The van der Waals surface area contributed by atoms with E-state index in [9.17, 15) is 0 Å². The number of hydrogen-bond acceptors (Lipinski definition) is 1. The average molecular weight is 562 g/mol. The normalized spacial score (nSPS) is 12.3. The van der Waals surface area contributed by atoms with Crippen molar-refractivity contribution in [3.8, 4) is 55.8 Å². The summed E-state index contributed by atoms with van der Waals surface area (Å²) in [7, 11) is 0. The molecule has 8 rings (SSSR count). The molecule has 1 heterocycles. The van der Waals surface area contributed by atoms with Crippen molar-refractivity contribution in [2.24, 2.45) is 0 Å². The molecule has 0 atom stereocenters. The van der Waals surface area contributed by atoms with Gasteiger partial charge in [-0.25, -0.2) is 0 Å². The van der Waals surface area contributed by atoms with Gasteiger partial charge in [0.05, 0.1) is 5.69 Å². The molecule has 1 aliphatic rings. The van der Waals surface area contributed by atoms with Gasteiger partial charge in [-0.3, -0.25) is 4.98 Å². The number of aromatic nitrogens is 1. The van der Waals surface area contributed by atoms with Gasteiger partial charge in [-0.05, 0) is 98.0 Å². The SMILES string of the molecule is C1=Cc2c(c(-c3ccc(-c4ccccc4)nc3)c3ccccc3c2-c2cc(-c3ccccc3)cc(-c3ccccc3)c2)CC1. The summed E-state index contributed by atoms with van der Waals surface area (Å²) in [6, 6.07) is 52.3. The van der Waals surface area contributed by atoms with E-state index in [0.717, 1.165) is 24.1 Å². The molecule has 0 fully saturated rings. The van der Waals surface area contributed by atoms with E-state index in [1.165, 1.54) is 66.4 Å². The van der Waals surface area contributed by atoms with Crippen LogP contribution >= 0.6 is 0 Å². The van der Waals surface area contributed by atoms with Gasteiger partial charge < -0.3 is 0 Å². The zero-order chi connectivity index (χ0) is 29.3. The Balaban J connectivity index is 1.38. The van der Waals surface area contributed by atoms with E-state index in [0.29, 0.717) is 0 Å². The first-order valence-corrected chi connectivity index (χ1v) is 15.4. The van der Waals surface area contributed by atoms with Crippen LogP contribution in [0.1, 0.15) is 17.5 Å². The Morgan fingerprint density at radius 2 is 0.977 bits per heavy atom. The third kappa shape index (κ3) is 4.73. The van der Waals surface area contributed by atoms with Crippen molar-refractivity contribution in [3.05, 3.63) is 169 Å². The molecule has 1 aliphatic carbocycles. The van der Waals surface area contributed by atoms with E-state index in [4.69, 9.17) is 4.98 Å². The Bertz CT molecular complexity index is 2070. The minimum atomic E-state index is 0.996. The number of pyridine rings is 1. The van der Waals surface area contributed by atoms with Crippen LogP contribution in [0.25, 0.3) is 72.6 Å². The fourth-order valence-electron chi connectivity index (χ4n) is 6.71. The molecule has 0 N–H and O–H groups in total. The van der Waals surface area contributed by atoms with Gasteiger partial charge >= 0.3 is 0 Å². The van der Waals surface area contributed by atoms with Gasteiger partial charge in [0.25, 0.3) is 0 Å². The van der Waals surface area contributed by atoms with Crippen molar-refractivity contribution in [1.29, 1.82) is 0 Å². The predicted molar refractivity (Wildman–Crippen MR) is 186 cm³/mol. The van der Waals surface area contributed by atoms with Crippen molar-refractivity contribution in [2.45, 2.75) is 12.8 Å². The lowest BCUT2D eigenvalue weighted by atomic mass is 9.79. The van der Waals surface area contributed by atoms with Crippen molar-refractivity contribution >= 4 is 16.8 Å². The number of hydrogen-bond donors (Lipinski definition) is 0. The van der Waals surface area contributed by atoms with Crippen LogP contribution in [0.5, 0.6) is 0 Å². The largest absolute Gasteiger partial charge is 0.256 e. The second-order valence-corrected chi connectivity index (χ2v) is 11.5. The number of fused-ring (bicyclic) bond motifs is 2. The minimum Gasteiger partial charge on any atom is -0.256 e. The van der Waals surface area contributed by atoms with Gasteiger partial charge in [-0.1, -0.05) is 133 Å². The van der Waals surface area contributed by atoms with Crippen LogP contribution in [0.3, 0.4) is 0 Å². The molecule has 0 bridgehead atoms. The second kappa shape index (κ2) is 11.3. The number of benzene rings is 6. The minimum absolute atomic E-state index is 0.996. The molecule has 0 saturated carbocycles. The number of rotatable bonds is 5. The van der Waals surface area contributed by atoms with Crippen LogP contribution < -0.4 is 0 Å². The van der Waals surface area contributed by atoms with Crippen molar-refractivity contribution < 1.29 is 0 Å². The van der Waals surface area contributed by atoms with E-state index < -0.39 is 0 Å². The van der Waals surface area contributed by atoms with Gasteiger partial charge in [-0.15, -0.1) is 0 Å².